The maximum absolute atomic E-state index is 12.8. The molecule has 180 valence electrons. The van der Waals surface area contributed by atoms with Gasteiger partial charge in [0, 0.05) is 5.92 Å². The van der Waals surface area contributed by atoms with Gasteiger partial charge in [0.1, 0.15) is 24.6 Å². The maximum atomic E-state index is 12.8. The smallest absolute Gasteiger partial charge is 0.344 e. The van der Waals surface area contributed by atoms with Crippen LogP contribution in [0, 0.1) is 17.8 Å². The predicted octanol–water partition coefficient (Wildman–Crippen LogP) is 3.04. The van der Waals surface area contributed by atoms with Crippen molar-refractivity contribution in [2.45, 2.75) is 45.3 Å². The highest BCUT2D eigenvalue weighted by Gasteiger charge is 2.48. The van der Waals surface area contributed by atoms with Crippen molar-refractivity contribution in [3.63, 3.8) is 0 Å². The van der Waals surface area contributed by atoms with Gasteiger partial charge in [-0.3, -0.25) is 9.59 Å². The van der Waals surface area contributed by atoms with E-state index in [1.165, 1.54) is 0 Å². The van der Waals surface area contributed by atoms with Gasteiger partial charge >= 0.3 is 11.9 Å². The topological polar surface area (TPSA) is 99.1 Å². The van der Waals surface area contributed by atoms with E-state index in [4.69, 9.17) is 14.2 Å². The van der Waals surface area contributed by atoms with Crippen LogP contribution in [0.3, 0.4) is 0 Å². The van der Waals surface area contributed by atoms with Crippen LogP contribution in [0.1, 0.15) is 36.5 Å². The minimum Gasteiger partial charge on any atom is -0.482 e. The number of carbonyl (C=O) groups excluding carboxylic acids is 3. The van der Waals surface area contributed by atoms with Gasteiger partial charge in [-0.2, -0.15) is 0 Å². The average Bonchev–Trinajstić information content (AvgIpc) is 3.15. The number of ketones is 1. The second-order valence-corrected chi connectivity index (χ2v) is 8.94. The van der Waals surface area contributed by atoms with Crippen molar-refractivity contribution in [2.75, 3.05) is 13.2 Å². The van der Waals surface area contributed by atoms with Crippen LogP contribution >= 0.6 is 0 Å². The summed E-state index contributed by atoms with van der Waals surface area (Å²) in [6.07, 6.45) is 0.682. The number of aliphatic hydroxyl groups is 1. The first-order valence-electron chi connectivity index (χ1n) is 11.8. The van der Waals surface area contributed by atoms with E-state index in [0.717, 1.165) is 16.7 Å². The lowest BCUT2D eigenvalue weighted by Gasteiger charge is -2.31. The summed E-state index contributed by atoms with van der Waals surface area (Å²) in [5.41, 5.74) is 2.95. The Morgan fingerprint density at radius 3 is 2.53 bits per heavy atom. The second-order valence-electron chi connectivity index (χ2n) is 8.94. The molecule has 2 aromatic rings. The van der Waals surface area contributed by atoms with E-state index < -0.39 is 24.0 Å². The molecular formula is C27H30O7. The molecule has 0 unspecified atom stereocenters. The second kappa shape index (κ2) is 10.8. The largest absolute Gasteiger partial charge is 0.482 e. The third kappa shape index (κ3) is 5.47. The summed E-state index contributed by atoms with van der Waals surface area (Å²) >= 11 is 0. The fraction of sp³-hybridized carbons (Fsp3) is 0.444. The van der Waals surface area contributed by atoms with Crippen LogP contribution in [-0.4, -0.2) is 42.1 Å². The number of Topliss-reactive ketones (excluding diaryl/α,β-unsaturated/α-hetero) is 1. The average molecular weight is 467 g/mol. The monoisotopic (exact) mass is 466 g/mol. The molecule has 0 spiro atoms. The van der Waals surface area contributed by atoms with Gasteiger partial charge in [0.15, 0.2) is 6.61 Å². The summed E-state index contributed by atoms with van der Waals surface area (Å²) in [7, 11) is 0. The van der Waals surface area contributed by atoms with Gasteiger partial charge in [-0.15, -0.1) is 0 Å². The van der Waals surface area contributed by atoms with Crippen molar-refractivity contribution in [3.8, 4) is 5.75 Å². The van der Waals surface area contributed by atoms with E-state index in [1.54, 1.807) is 6.92 Å². The molecule has 2 aliphatic rings. The van der Waals surface area contributed by atoms with Gasteiger partial charge in [0.25, 0.3) is 0 Å². The van der Waals surface area contributed by atoms with Crippen molar-refractivity contribution < 1.29 is 33.7 Å². The molecule has 1 fully saturated rings. The number of ether oxygens (including phenoxy) is 3. The Kier molecular flexibility index (Phi) is 7.63. The minimum absolute atomic E-state index is 0.0319. The zero-order valence-electron chi connectivity index (χ0n) is 19.3. The van der Waals surface area contributed by atoms with E-state index in [-0.39, 0.29) is 43.9 Å². The number of rotatable bonds is 9. The summed E-state index contributed by atoms with van der Waals surface area (Å²) in [6.45, 7) is 1.92. The molecule has 1 saturated carbocycles. The Morgan fingerprint density at radius 1 is 0.971 bits per heavy atom. The molecule has 0 radical (unpaired) electrons. The van der Waals surface area contributed by atoms with Crippen LogP contribution in [0.4, 0.5) is 0 Å². The molecule has 7 nitrogen and oxygen atoms in total. The highest BCUT2D eigenvalue weighted by Crippen LogP contribution is 2.47. The van der Waals surface area contributed by atoms with E-state index in [1.807, 2.05) is 48.5 Å². The summed E-state index contributed by atoms with van der Waals surface area (Å²) in [5, 5.41) is 10.6. The summed E-state index contributed by atoms with van der Waals surface area (Å²) < 4.78 is 16.0. The molecule has 0 amide bonds. The SMILES string of the molecule is CCOC(=O)CC(=O)[C@@H]1[C@H]2Cc3cccc(OCC(=O)OCc4ccccc4)c3C[C@H]2C[C@H]1O. The third-order valence-electron chi connectivity index (χ3n) is 6.76. The Hall–Kier alpha value is -3.19. The summed E-state index contributed by atoms with van der Waals surface area (Å²) in [5.74, 6) is -1.12. The van der Waals surface area contributed by atoms with Crippen molar-refractivity contribution in [1.82, 2.24) is 0 Å². The van der Waals surface area contributed by atoms with Gasteiger partial charge < -0.3 is 19.3 Å². The molecule has 0 aromatic heterocycles. The summed E-state index contributed by atoms with van der Waals surface area (Å²) in [6, 6.07) is 15.1. The number of aliphatic hydroxyl groups excluding tert-OH is 1. The summed E-state index contributed by atoms with van der Waals surface area (Å²) in [4.78, 5) is 36.8. The van der Waals surface area contributed by atoms with E-state index in [9.17, 15) is 19.5 Å². The lowest BCUT2D eigenvalue weighted by Crippen LogP contribution is -2.34. The fourth-order valence-electron chi connectivity index (χ4n) is 5.27. The first-order chi connectivity index (χ1) is 16.5. The van der Waals surface area contributed by atoms with Crippen LogP contribution in [0.5, 0.6) is 5.75 Å². The lowest BCUT2D eigenvalue weighted by atomic mass is 9.73. The van der Waals surface area contributed by atoms with Crippen molar-refractivity contribution >= 4 is 17.7 Å². The van der Waals surface area contributed by atoms with Gasteiger partial charge in [-0.25, -0.2) is 4.79 Å². The fourth-order valence-corrected chi connectivity index (χ4v) is 5.27. The van der Waals surface area contributed by atoms with Gasteiger partial charge in [0.05, 0.1) is 12.7 Å². The zero-order chi connectivity index (χ0) is 24.1. The van der Waals surface area contributed by atoms with Crippen LogP contribution in [0.15, 0.2) is 48.5 Å². The van der Waals surface area contributed by atoms with Crippen LogP contribution in [0.25, 0.3) is 0 Å². The van der Waals surface area contributed by atoms with Gasteiger partial charge in [-0.05, 0) is 60.8 Å². The number of carbonyl (C=O) groups is 3. The number of hydrogen-bond donors (Lipinski definition) is 1. The van der Waals surface area contributed by atoms with Crippen LogP contribution in [0.2, 0.25) is 0 Å². The Balaban J connectivity index is 1.38. The first-order valence-corrected chi connectivity index (χ1v) is 11.8. The standard InChI is InChI=1S/C27H30O7/c1-2-32-25(30)14-23(29)27-21-11-18-9-6-10-24(20(18)12-19(21)13-22(27)28)33-16-26(31)34-15-17-7-4-3-5-8-17/h3-10,19,21-22,27-28H,2,11-16H2,1H3/t19-,21-,22+,27+/m0/s1. The number of benzene rings is 2. The zero-order valence-corrected chi connectivity index (χ0v) is 19.3. The molecule has 2 aromatic carbocycles. The van der Waals surface area contributed by atoms with Crippen LogP contribution < -0.4 is 4.74 Å². The van der Waals surface area contributed by atoms with E-state index in [2.05, 4.69) is 0 Å². The quantitative estimate of drug-likeness (QED) is 0.448. The number of fused-ring (bicyclic) bond motifs is 2. The molecule has 2 aliphatic carbocycles. The predicted molar refractivity (Wildman–Crippen MR) is 123 cm³/mol. The number of hydrogen-bond acceptors (Lipinski definition) is 7. The Morgan fingerprint density at radius 2 is 1.76 bits per heavy atom. The Labute approximate surface area is 199 Å². The first kappa shape index (κ1) is 24.0. The van der Waals surface area contributed by atoms with E-state index >= 15 is 0 Å². The molecule has 0 aliphatic heterocycles. The van der Waals surface area contributed by atoms with Crippen LogP contribution in [-0.2, 0) is 43.3 Å². The molecule has 7 heteroatoms. The maximum Gasteiger partial charge on any atom is 0.344 e. The van der Waals surface area contributed by atoms with Crippen molar-refractivity contribution in [1.29, 1.82) is 0 Å². The molecule has 0 saturated heterocycles. The molecule has 4 atom stereocenters. The molecule has 4 rings (SSSR count). The van der Waals surface area contributed by atoms with Gasteiger partial charge in [-0.1, -0.05) is 42.5 Å². The molecular weight excluding hydrogens is 436 g/mol. The molecule has 34 heavy (non-hydrogen) atoms. The Bertz CT molecular complexity index is 1030. The minimum atomic E-state index is -0.774. The highest BCUT2D eigenvalue weighted by molar-refractivity contribution is 5.97. The third-order valence-corrected chi connectivity index (χ3v) is 6.76. The molecule has 0 bridgehead atoms. The normalized spacial score (nSPS) is 22.9. The molecule has 0 heterocycles. The lowest BCUT2D eigenvalue weighted by molar-refractivity contribution is -0.148. The highest BCUT2D eigenvalue weighted by atomic mass is 16.6. The van der Waals surface area contributed by atoms with Crippen molar-refractivity contribution in [3.05, 3.63) is 65.2 Å². The molecule has 1 N–H and O–H groups in total. The van der Waals surface area contributed by atoms with E-state index in [0.29, 0.717) is 25.0 Å². The number of esters is 2. The van der Waals surface area contributed by atoms with Crippen molar-refractivity contribution in [2.24, 2.45) is 17.8 Å². The van der Waals surface area contributed by atoms with Gasteiger partial charge in [0.2, 0.25) is 0 Å².